The number of aryl methyl sites for hydroxylation is 1. The second-order valence-corrected chi connectivity index (χ2v) is 4.10. The van der Waals surface area contributed by atoms with Crippen molar-refractivity contribution in [2.24, 2.45) is 0 Å². The zero-order valence-corrected chi connectivity index (χ0v) is 10.9. The van der Waals surface area contributed by atoms with Crippen LogP contribution in [0.4, 0.5) is 4.39 Å². The van der Waals surface area contributed by atoms with Gasteiger partial charge in [0, 0.05) is 0 Å². The van der Waals surface area contributed by atoms with Crippen LogP contribution < -0.4 is 5.48 Å². The predicted molar refractivity (Wildman–Crippen MR) is 66.1 cm³/mol. The molecule has 0 spiro atoms. The van der Waals surface area contributed by atoms with Gasteiger partial charge in [0.05, 0.1) is 17.7 Å². The lowest BCUT2D eigenvalue weighted by atomic mass is 10.1. The molecule has 19 heavy (non-hydrogen) atoms. The summed E-state index contributed by atoms with van der Waals surface area (Å²) in [5.41, 5.74) is 2.26. The van der Waals surface area contributed by atoms with E-state index in [-0.39, 0.29) is 27.6 Å². The maximum atomic E-state index is 13.8. The Morgan fingerprint density at radius 3 is 2.89 bits per heavy atom. The van der Waals surface area contributed by atoms with Gasteiger partial charge in [0.25, 0.3) is 5.91 Å². The molecule has 0 saturated carbocycles. The molecule has 0 saturated heterocycles. The van der Waals surface area contributed by atoms with Gasteiger partial charge in [0.15, 0.2) is 0 Å². The second-order valence-electron chi connectivity index (χ2n) is 3.69. The quantitative estimate of drug-likeness (QED) is 0.880. The van der Waals surface area contributed by atoms with Crippen molar-refractivity contribution >= 4 is 17.5 Å². The third kappa shape index (κ3) is 2.45. The largest absolute Gasteiger partial charge is 0.360 e. The van der Waals surface area contributed by atoms with Crippen molar-refractivity contribution in [1.29, 1.82) is 0 Å². The average molecular weight is 285 g/mol. The maximum absolute atomic E-state index is 13.8. The molecule has 2 rings (SSSR count). The molecular formula is C12H10ClFN2O3. The third-order valence-electron chi connectivity index (χ3n) is 2.48. The Labute approximate surface area is 113 Å². The van der Waals surface area contributed by atoms with Gasteiger partial charge in [-0.15, -0.1) is 0 Å². The Kier molecular flexibility index (Phi) is 3.82. The van der Waals surface area contributed by atoms with Crippen molar-refractivity contribution < 1.29 is 18.5 Å². The maximum Gasteiger partial charge on any atom is 0.280 e. The van der Waals surface area contributed by atoms with Gasteiger partial charge in [0.2, 0.25) is 0 Å². The molecule has 2 aromatic rings. The first-order chi connectivity index (χ1) is 9.06. The number of nitrogens with one attached hydrogen (secondary N) is 1. The van der Waals surface area contributed by atoms with Crippen molar-refractivity contribution in [1.82, 2.24) is 10.6 Å². The lowest BCUT2D eigenvalue weighted by Gasteiger charge is -2.05. The van der Waals surface area contributed by atoms with Crippen LogP contribution in [0.15, 0.2) is 22.7 Å². The Morgan fingerprint density at radius 1 is 1.53 bits per heavy atom. The highest BCUT2D eigenvalue weighted by Crippen LogP contribution is 2.33. The topological polar surface area (TPSA) is 64.4 Å². The highest BCUT2D eigenvalue weighted by molar-refractivity contribution is 6.33. The summed E-state index contributed by atoms with van der Waals surface area (Å²) in [6.45, 7) is 1.54. The summed E-state index contributed by atoms with van der Waals surface area (Å²) >= 11 is 5.94. The molecule has 1 heterocycles. The van der Waals surface area contributed by atoms with E-state index in [1.54, 1.807) is 0 Å². The summed E-state index contributed by atoms with van der Waals surface area (Å²) in [7, 11) is 1.29. The molecule has 0 atom stereocenters. The molecule has 0 aliphatic heterocycles. The van der Waals surface area contributed by atoms with E-state index in [9.17, 15) is 9.18 Å². The van der Waals surface area contributed by atoms with Crippen LogP contribution >= 0.6 is 11.6 Å². The number of carbonyl (C=O) groups is 1. The fraction of sp³-hybridized carbons (Fsp3) is 0.167. The van der Waals surface area contributed by atoms with E-state index in [0.29, 0.717) is 0 Å². The van der Waals surface area contributed by atoms with Crippen molar-refractivity contribution in [2.75, 3.05) is 7.11 Å². The number of hydrogen-bond acceptors (Lipinski definition) is 4. The monoisotopic (exact) mass is 284 g/mol. The fourth-order valence-corrected chi connectivity index (χ4v) is 1.93. The van der Waals surface area contributed by atoms with Crippen LogP contribution in [-0.4, -0.2) is 18.2 Å². The molecule has 1 aromatic heterocycles. The number of benzene rings is 1. The van der Waals surface area contributed by atoms with E-state index in [1.807, 2.05) is 0 Å². The Bertz CT molecular complexity index is 607. The van der Waals surface area contributed by atoms with Gasteiger partial charge in [-0.3, -0.25) is 9.63 Å². The number of nitrogens with zero attached hydrogens (tertiary/aromatic N) is 1. The number of rotatable bonds is 3. The van der Waals surface area contributed by atoms with Crippen LogP contribution in [0, 0.1) is 12.7 Å². The molecule has 5 nitrogen and oxygen atoms in total. The number of hydrogen-bond donors (Lipinski definition) is 1. The molecule has 0 aliphatic carbocycles. The van der Waals surface area contributed by atoms with E-state index in [2.05, 4.69) is 15.5 Å². The van der Waals surface area contributed by atoms with Crippen LogP contribution in [0.3, 0.4) is 0 Å². The smallest absolute Gasteiger partial charge is 0.280 e. The molecule has 0 fully saturated rings. The fourth-order valence-electron chi connectivity index (χ4n) is 1.68. The summed E-state index contributed by atoms with van der Waals surface area (Å²) in [6.07, 6.45) is 0. The average Bonchev–Trinajstić information content (AvgIpc) is 2.71. The summed E-state index contributed by atoms with van der Waals surface area (Å²) in [6, 6.07) is 4.19. The summed E-state index contributed by atoms with van der Waals surface area (Å²) < 4.78 is 18.8. The highest BCUT2D eigenvalue weighted by atomic mass is 35.5. The molecule has 1 N–H and O–H groups in total. The van der Waals surface area contributed by atoms with E-state index in [1.165, 1.54) is 32.2 Å². The van der Waals surface area contributed by atoms with Crippen molar-refractivity contribution in [2.45, 2.75) is 6.92 Å². The minimum atomic E-state index is -0.590. The van der Waals surface area contributed by atoms with Crippen molar-refractivity contribution in [3.05, 3.63) is 40.4 Å². The second kappa shape index (κ2) is 5.38. The normalized spacial score (nSPS) is 10.5. The summed E-state index contributed by atoms with van der Waals surface area (Å²) in [4.78, 5) is 16.4. The summed E-state index contributed by atoms with van der Waals surface area (Å²) in [5.74, 6) is -0.938. The van der Waals surface area contributed by atoms with Crippen molar-refractivity contribution in [3.8, 4) is 11.3 Å². The van der Waals surface area contributed by atoms with Crippen LogP contribution in [-0.2, 0) is 4.84 Å². The summed E-state index contributed by atoms with van der Waals surface area (Å²) in [5, 5.41) is 3.83. The molecule has 0 unspecified atom stereocenters. The van der Waals surface area contributed by atoms with Gasteiger partial charge in [-0.2, -0.15) is 0 Å². The van der Waals surface area contributed by atoms with Gasteiger partial charge in [-0.1, -0.05) is 22.8 Å². The Balaban J connectivity index is 2.61. The van der Waals surface area contributed by atoms with Crippen LogP contribution in [0.1, 0.15) is 16.1 Å². The van der Waals surface area contributed by atoms with Crippen LogP contribution in [0.2, 0.25) is 5.02 Å². The standard InChI is InChI=1S/C12H10ClFN2O3/c1-6-9(12(17)16-18-2)11(15-19-6)10-7(13)4-3-5-8(10)14/h3-5H,1-2H3,(H,16,17). The lowest BCUT2D eigenvalue weighted by molar-refractivity contribution is 0.0536. The number of hydroxylamine groups is 1. The molecule has 1 amide bonds. The van der Waals surface area contributed by atoms with Crippen LogP contribution in [0.5, 0.6) is 0 Å². The molecule has 7 heteroatoms. The van der Waals surface area contributed by atoms with Gasteiger partial charge >= 0.3 is 0 Å². The van der Waals surface area contributed by atoms with Crippen LogP contribution in [0.25, 0.3) is 11.3 Å². The molecule has 1 aromatic carbocycles. The van der Waals surface area contributed by atoms with E-state index < -0.39 is 11.7 Å². The van der Waals surface area contributed by atoms with E-state index >= 15 is 0 Å². The van der Waals surface area contributed by atoms with E-state index in [4.69, 9.17) is 16.1 Å². The minimum absolute atomic E-state index is 0.0160. The Hall–Kier alpha value is -1.92. The molecule has 0 bridgehead atoms. The lowest BCUT2D eigenvalue weighted by Crippen LogP contribution is -2.22. The first kappa shape index (κ1) is 13.5. The van der Waals surface area contributed by atoms with Gasteiger partial charge < -0.3 is 4.52 Å². The Morgan fingerprint density at radius 2 is 2.26 bits per heavy atom. The highest BCUT2D eigenvalue weighted by Gasteiger charge is 2.25. The van der Waals surface area contributed by atoms with Gasteiger partial charge in [-0.25, -0.2) is 9.87 Å². The molecular weight excluding hydrogens is 275 g/mol. The third-order valence-corrected chi connectivity index (χ3v) is 2.80. The molecule has 0 radical (unpaired) electrons. The zero-order chi connectivity index (χ0) is 14.0. The zero-order valence-electron chi connectivity index (χ0n) is 10.2. The first-order valence-corrected chi connectivity index (χ1v) is 5.68. The van der Waals surface area contributed by atoms with Gasteiger partial charge in [-0.05, 0) is 19.1 Å². The first-order valence-electron chi connectivity index (χ1n) is 5.30. The number of halogens is 2. The SMILES string of the molecule is CONC(=O)c1c(-c2c(F)cccc2Cl)noc1C. The van der Waals surface area contributed by atoms with Gasteiger partial charge in [0.1, 0.15) is 22.8 Å². The number of aromatic nitrogens is 1. The minimum Gasteiger partial charge on any atom is -0.360 e. The number of amides is 1. The molecule has 0 aliphatic rings. The predicted octanol–water partition coefficient (Wildman–Crippen LogP) is 2.73. The van der Waals surface area contributed by atoms with E-state index in [0.717, 1.165) is 0 Å². The molecule has 100 valence electrons. The van der Waals surface area contributed by atoms with Crippen molar-refractivity contribution in [3.63, 3.8) is 0 Å². The number of carbonyl (C=O) groups excluding carboxylic acids is 1.